The number of methoxy groups -OCH3 is 1. The van der Waals surface area contributed by atoms with Crippen molar-refractivity contribution < 1.29 is 19.7 Å². The fourth-order valence-electron chi connectivity index (χ4n) is 1.91. The SMILES string of the molecule is COCC(CCO)NCC(O)COCCc1scnc1C. The van der Waals surface area contributed by atoms with Gasteiger partial charge < -0.3 is 25.0 Å². The maximum Gasteiger partial charge on any atom is 0.0897 e. The van der Waals surface area contributed by atoms with E-state index in [1.807, 2.05) is 12.4 Å². The summed E-state index contributed by atoms with van der Waals surface area (Å²) in [6.45, 7) is 3.90. The van der Waals surface area contributed by atoms with Gasteiger partial charge in [-0.2, -0.15) is 0 Å². The molecule has 1 rings (SSSR count). The van der Waals surface area contributed by atoms with Crippen LogP contribution < -0.4 is 5.32 Å². The highest BCUT2D eigenvalue weighted by molar-refractivity contribution is 7.09. The van der Waals surface area contributed by atoms with Crippen molar-refractivity contribution in [3.63, 3.8) is 0 Å². The number of aryl methyl sites for hydroxylation is 1. The zero-order chi connectivity index (χ0) is 15.5. The van der Waals surface area contributed by atoms with E-state index in [-0.39, 0.29) is 12.6 Å². The van der Waals surface area contributed by atoms with Gasteiger partial charge in [-0.1, -0.05) is 0 Å². The van der Waals surface area contributed by atoms with Crippen LogP contribution in [-0.2, 0) is 15.9 Å². The number of hydrogen-bond acceptors (Lipinski definition) is 7. The number of rotatable bonds is 12. The lowest BCUT2D eigenvalue weighted by atomic mass is 10.2. The molecule has 7 heteroatoms. The number of aliphatic hydroxyl groups excluding tert-OH is 2. The molecule has 0 radical (unpaired) electrons. The number of nitrogens with zero attached hydrogens (tertiary/aromatic N) is 1. The molecule has 0 spiro atoms. The standard InChI is InChI=1S/C14H26N2O4S/c1-11-14(21-10-16-11)4-6-20-9-13(18)7-15-12(3-5-17)8-19-2/h10,12-13,15,17-18H,3-9H2,1-2H3. The van der Waals surface area contributed by atoms with Crippen molar-refractivity contribution in [2.45, 2.75) is 31.9 Å². The summed E-state index contributed by atoms with van der Waals surface area (Å²) in [6, 6.07) is 0.0505. The normalized spacial score (nSPS) is 14.3. The summed E-state index contributed by atoms with van der Waals surface area (Å²) >= 11 is 1.63. The van der Waals surface area contributed by atoms with Crippen LogP contribution in [0.25, 0.3) is 0 Å². The summed E-state index contributed by atoms with van der Waals surface area (Å²) in [7, 11) is 1.62. The molecule has 1 aromatic rings. The molecule has 0 aromatic carbocycles. The van der Waals surface area contributed by atoms with Crippen molar-refractivity contribution in [2.75, 3.05) is 40.1 Å². The molecule has 1 heterocycles. The van der Waals surface area contributed by atoms with Crippen molar-refractivity contribution >= 4 is 11.3 Å². The minimum Gasteiger partial charge on any atom is -0.396 e. The van der Waals surface area contributed by atoms with Crippen molar-refractivity contribution in [3.05, 3.63) is 16.1 Å². The lowest BCUT2D eigenvalue weighted by Gasteiger charge is -2.19. The van der Waals surface area contributed by atoms with E-state index < -0.39 is 6.10 Å². The molecule has 2 atom stereocenters. The molecule has 21 heavy (non-hydrogen) atoms. The Kier molecular flexibility index (Phi) is 9.73. The second-order valence-electron chi connectivity index (χ2n) is 4.91. The number of hydrogen-bond donors (Lipinski definition) is 3. The average molecular weight is 318 g/mol. The highest BCUT2D eigenvalue weighted by Gasteiger charge is 2.11. The van der Waals surface area contributed by atoms with Crippen molar-refractivity contribution in [3.8, 4) is 0 Å². The van der Waals surface area contributed by atoms with Crippen LogP contribution in [0.4, 0.5) is 0 Å². The van der Waals surface area contributed by atoms with Gasteiger partial charge in [0.2, 0.25) is 0 Å². The monoisotopic (exact) mass is 318 g/mol. The van der Waals surface area contributed by atoms with E-state index in [0.29, 0.717) is 32.8 Å². The van der Waals surface area contributed by atoms with E-state index in [1.165, 1.54) is 4.88 Å². The van der Waals surface area contributed by atoms with Crippen LogP contribution in [-0.4, -0.2) is 67.4 Å². The number of aromatic nitrogens is 1. The van der Waals surface area contributed by atoms with E-state index in [4.69, 9.17) is 14.6 Å². The zero-order valence-electron chi connectivity index (χ0n) is 12.7. The average Bonchev–Trinajstić information content (AvgIpc) is 2.87. The maximum absolute atomic E-state index is 9.85. The fourth-order valence-corrected chi connectivity index (χ4v) is 2.68. The van der Waals surface area contributed by atoms with Gasteiger partial charge in [0.1, 0.15) is 0 Å². The maximum atomic E-state index is 9.85. The van der Waals surface area contributed by atoms with Crippen molar-refractivity contribution in [2.24, 2.45) is 0 Å². The molecule has 3 N–H and O–H groups in total. The summed E-state index contributed by atoms with van der Waals surface area (Å²) < 4.78 is 10.5. The Morgan fingerprint density at radius 1 is 1.43 bits per heavy atom. The van der Waals surface area contributed by atoms with Crippen molar-refractivity contribution in [1.29, 1.82) is 0 Å². The molecule has 0 saturated heterocycles. The predicted octanol–water partition coefficient (Wildman–Crippen LogP) is 0.359. The van der Waals surface area contributed by atoms with E-state index in [0.717, 1.165) is 12.1 Å². The lowest BCUT2D eigenvalue weighted by molar-refractivity contribution is 0.0343. The van der Waals surface area contributed by atoms with Crippen LogP contribution in [0.5, 0.6) is 0 Å². The molecule has 122 valence electrons. The highest BCUT2D eigenvalue weighted by Crippen LogP contribution is 2.12. The number of aliphatic hydroxyl groups is 2. The molecule has 1 aromatic heterocycles. The molecule has 0 fully saturated rings. The Hall–Kier alpha value is -0.570. The first-order chi connectivity index (χ1) is 10.2. The largest absolute Gasteiger partial charge is 0.396 e. The Morgan fingerprint density at radius 3 is 2.86 bits per heavy atom. The molecule has 0 amide bonds. The molecule has 0 aliphatic rings. The van der Waals surface area contributed by atoms with E-state index in [2.05, 4.69) is 10.3 Å². The molecule has 0 bridgehead atoms. The van der Waals surface area contributed by atoms with Crippen LogP contribution in [0.1, 0.15) is 17.0 Å². The number of nitrogens with one attached hydrogen (secondary N) is 1. The molecule has 6 nitrogen and oxygen atoms in total. The van der Waals surface area contributed by atoms with Crippen LogP contribution in [0.2, 0.25) is 0 Å². The zero-order valence-corrected chi connectivity index (χ0v) is 13.6. The van der Waals surface area contributed by atoms with Crippen LogP contribution >= 0.6 is 11.3 Å². The molecule has 2 unspecified atom stereocenters. The molecular formula is C14H26N2O4S. The third-order valence-electron chi connectivity index (χ3n) is 3.12. The van der Waals surface area contributed by atoms with E-state index in [1.54, 1.807) is 18.4 Å². The van der Waals surface area contributed by atoms with Gasteiger partial charge in [-0.25, -0.2) is 4.98 Å². The lowest BCUT2D eigenvalue weighted by Crippen LogP contribution is -2.40. The summed E-state index contributed by atoms with van der Waals surface area (Å²) in [4.78, 5) is 5.41. The minimum absolute atomic E-state index is 0.0505. The van der Waals surface area contributed by atoms with Gasteiger partial charge in [0, 0.05) is 37.6 Å². The van der Waals surface area contributed by atoms with E-state index in [9.17, 15) is 5.11 Å². The van der Waals surface area contributed by atoms with Gasteiger partial charge in [0.05, 0.1) is 37.1 Å². The summed E-state index contributed by atoms with van der Waals surface area (Å²) in [5, 5.41) is 21.9. The van der Waals surface area contributed by atoms with Crippen LogP contribution in [0.15, 0.2) is 5.51 Å². The molecular weight excluding hydrogens is 292 g/mol. The van der Waals surface area contributed by atoms with Gasteiger partial charge in [-0.15, -0.1) is 11.3 Å². The summed E-state index contributed by atoms with van der Waals surface area (Å²) in [6.07, 6.45) is 0.866. The second-order valence-corrected chi connectivity index (χ2v) is 5.85. The van der Waals surface area contributed by atoms with Gasteiger partial charge in [0.25, 0.3) is 0 Å². The summed E-state index contributed by atoms with van der Waals surface area (Å²) in [5.41, 5.74) is 2.89. The van der Waals surface area contributed by atoms with Gasteiger partial charge >= 0.3 is 0 Å². The predicted molar refractivity (Wildman–Crippen MR) is 82.8 cm³/mol. The molecule has 0 aliphatic heterocycles. The van der Waals surface area contributed by atoms with Gasteiger partial charge in [0.15, 0.2) is 0 Å². The topological polar surface area (TPSA) is 83.8 Å². The molecule has 0 aliphatic carbocycles. The Balaban J connectivity index is 2.10. The first-order valence-corrected chi connectivity index (χ1v) is 8.03. The first-order valence-electron chi connectivity index (χ1n) is 7.15. The van der Waals surface area contributed by atoms with E-state index >= 15 is 0 Å². The number of thiazole rings is 1. The first kappa shape index (κ1) is 18.5. The second kappa shape index (κ2) is 11.1. The summed E-state index contributed by atoms with van der Waals surface area (Å²) in [5.74, 6) is 0. The molecule has 0 saturated carbocycles. The van der Waals surface area contributed by atoms with Gasteiger partial charge in [-0.3, -0.25) is 0 Å². The quantitative estimate of drug-likeness (QED) is 0.483. The number of ether oxygens (including phenoxy) is 2. The Labute approximate surface area is 130 Å². The minimum atomic E-state index is -0.564. The third kappa shape index (κ3) is 7.85. The smallest absolute Gasteiger partial charge is 0.0897 e. The van der Waals surface area contributed by atoms with Gasteiger partial charge in [-0.05, 0) is 13.3 Å². The highest BCUT2D eigenvalue weighted by atomic mass is 32.1. The van der Waals surface area contributed by atoms with Crippen LogP contribution in [0.3, 0.4) is 0 Å². The Bertz CT molecular complexity index is 370. The van der Waals surface area contributed by atoms with Crippen LogP contribution in [0, 0.1) is 6.92 Å². The van der Waals surface area contributed by atoms with Crippen molar-refractivity contribution in [1.82, 2.24) is 10.3 Å². The fraction of sp³-hybridized carbons (Fsp3) is 0.786. The third-order valence-corrected chi connectivity index (χ3v) is 4.11. The Morgan fingerprint density at radius 2 is 2.24 bits per heavy atom.